The summed E-state index contributed by atoms with van der Waals surface area (Å²) >= 11 is 4.73. The van der Waals surface area contributed by atoms with Gasteiger partial charge in [0.25, 0.3) is 0 Å². The molecule has 0 bridgehead atoms. The minimum Gasteiger partial charge on any atom is -0.0619 e. The molecule has 0 radical (unpaired) electrons. The van der Waals surface area contributed by atoms with Crippen molar-refractivity contribution in [2.45, 2.75) is 10.3 Å². The van der Waals surface area contributed by atoms with Crippen LogP contribution in [0.5, 0.6) is 0 Å². The average molecular weight is 602 g/mol. The molecule has 0 amide bonds. The molecule has 1 aliphatic rings. The van der Waals surface area contributed by atoms with E-state index in [0.29, 0.717) is 0 Å². The van der Waals surface area contributed by atoms with E-state index in [9.17, 15) is 0 Å². The van der Waals surface area contributed by atoms with Gasteiger partial charge in [-0.3, -0.25) is 0 Å². The number of rotatable bonds is 3. The zero-order valence-corrected chi connectivity index (χ0v) is 20.0. The second-order valence-electron chi connectivity index (χ2n) is 6.95. The lowest BCUT2D eigenvalue weighted by atomic mass is 9.68. The summed E-state index contributed by atoms with van der Waals surface area (Å²) in [5.74, 6) is 0. The monoisotopic (exact) mass is 602 g/mol. The third-order valence-corrected chi connectivity index (χ3v) is 8.30. The maximum absolute atomic E-state index is 2.38. The second kappa shape index (κ2) is 7.50. The van der Waals surface area contributed by atoms with Crippen molar-refractivity contribution in [3.05, 3.63) is 123 Å². The van der Waals surface area contributed by atoms with E-state index in [0.717, 1.165) is 0 Å². The molecular formula is C25H16I2S. The standard InChI is InChI=1S/C25H16I2S/c26-19-13-9-17(10-14-19)25(18-11-15-20(28-27)16-12-18)23-7-3-1-5-21(23)22-6-2-4-8-24(22)25/h1-16H. The average Bonchev–Trinajstić information content (AvgIpc) is 3.06. The fraction of sp³-hybridized carbons (Fsp3) is 0.0400. The van der Waals surface area contributed by atoms with Crippen LogP contribution in [0.25, 0.3) is 11.1 Å². The lowest BCUT2D eigenvalue weighted by Crippen LogP contribution is -2.28. The van der Waals surface area contributed by atoms with Crippen LogP contribution in [0.15, 0.2) is 102 Å². The van der Waals surface area contributed by atoms with Gasteiger partial charge < -0.3 is 0 Å². The Morgan fingerprint density at radius 1 is 0.571 bits per heavy atom. The van der Waals surface area contributed by atoms with E-state index in [2.05, 4.69) is 141 Å². The predicted octanol–water partition coefficient (Wildman–Crippen LogP) is 8.10. The first-order valence-corrected chi connectivity index (χ1v) is 13.5. The van der Waals surface area contributed by atoms with Crippen molar-refractivity contribution in [2.24, 2.45) is 0 Å². The van der Waals surface area contributed by atoms with Crippen molar-refractivity contribution in [1.82, 2.24) is 0 Å². The molecule has 0 atom stereocenters. The van der Waals surface area contributed by atoms with Crippen LogP contribution in [0.1, 0.15) is 22.3 Å². The Labute approximate surface area is 195 Å². The van der Waals surface area contributed by atoms with Gasteiger partial charge in [0.15, 0.2) is 0 Å². The van der Waals surface area contributed by atoms with Gasteiger partial charge in [0, 0.05) is 29.7 Å². The summed E-state index contributed by atoms with van der Waals surface area (Å²) in [5, 5.41) is 0. The van der Waals surface area contributed by atoms with Crippen molar-refractivity contribution in [2.75, 3.05) is 0 Å². The van der Waals surface area contributed by atoms with Gasteiger partial charge in [-0.25, -0.2) is 0 Å². The largest absolute Gasteiger partial charge is 0.0713 e. The maximum Gasteiger partial charge on any atom is 0.0713 e. The van der Waals surface area contributed by atoms with E-state index in [1.165, 1.54) is 41.8 Å². The lowest BCUT2D eigenvalue weighted by Gasteiger charge is -2.34. The highest BCUT2D eigenvalue weighted by Gasteiger charge is 2.45. The first-order chi connectivity index (χ1) is 13.7. The molecular weight excluding hydrogens is 586 g/mol. The van der Waals surface area contributed by atoms with Crippen LogP contribution in [0.4, 0.5) is 0 Å². The fourth-order valence-electron chi connectivity index (χ4n) is 4.48. The maximum atomic E-state index is 2.38. The van der Waals surface area contributed by atoms with E-state index < -0.39 is 0 Å². The van der Waals surface area contributed by atoms with Gasteiger partial charge in [-0.05, 0) is 80.2 Å². The zero-order chi connectivity index (χ0) is 19.1. The van der Waals surface area contributed by atoms with E-state index in [1.807, 2.05) is 0 Å². The topological polar surface area (TPSA) is 0 Å². The summed E-state index contributed by atoms with van der Waals surface area (Å²) in [5.41, 5.74) is 7.76. The van der Waals surface area contributed by atoms with Gasteiger partial charge >= 0.3 is 0 Å². The first kappa shape index (κ1) is 18.7. The van der Waals surface area contributed by atoms with E-state index in [4.69, 9.17) is 0 Å². The Hall–Kier alpha value is -1.31. The third-order valence-electron chi connectivity index (χ3n) is 5.61. The van der Waals surface area contributed by atoms with Crippen molar-refractivity contribution < 1.29 is 0 Å². The van der Waals surface area contributed by atoms with Crippen LogP contribution >= 0.6 is 52.7 Å². The smallest absolute Gasteiger partial charge is 0.0619 e. The van der Waals surface area contributed by atoms with Crippen LogP contribution in [0.3, 0.4) is 0 Å². The quantitative estimate of drug-likeness (QED) is 0.188. The van der Waals surface area contributed by atoms with Gasteiger partial charge in [-0.15, -0.1) is 0 Å². The Bertz CT molecular complexity index is 1100. The molecule has 0 heterocycles. The lowest BCUT2D eigenvalue weighted by molar-refractivity contribution is 0.767. The molecule has 5 rings (SSSR count). The van der Waals surface area contributed by atoms with Crippen molar-refractivity contribution in [3.8, 4) is 11.1 Å². The van der Waals surface area contributed by atoms with Crippen LogP contribution in [-0.2, 0) is 5.41 Å². The number of halogens is 2. The summed E-state index contributed by atoms with van der Waals surface area (Å²) in [6.45, 7) is 0. The van der Waals surface area contributed by atoms with E-state index >= 15 is 0 Å². The van der Waals surface area contributed by atoms with Gasteiger partial charge in [-0.1, -0.05) is 81.7 Å². The molecule has 0 unspecified atom stereocenters. The van der Waals surface area contributed by atoms with E-state index in [1.54, 1.807) is 8.93 Å². The highest BCUT2D eigenvalue weighted by atomic mass is 127. The molecule has 0 nitrogen and oxygen atoms in total. The number of hydrogen-bond acceptors (Lipinski definition) is 1. The normalized spacial score (nSPS) is 13.8. The molecule has 1 aliphatic carbocycles. The van der Waals surface area contributed by atoms with Crippen molar-refractivity contribution >= 4 is 52.7 Å². The highest BCUT2D eigenvalue weighted by molar-refractivity contribution is 14.2. The summed E-state index contributed by atoms with van der Waals surface area (Å²) in [4.78, 5) is 1.28. The SMILES string of the molecule is ISc1ccc(C2(c3ccc(I)cc3)c3ccccc3-c3ccccc32)cc1. The molecule has 0 saturated heterocycles. The highest BCUT2D eigenvalue weighted by Crippen LogP contribution is 2.56. The molecule has 0 N–H and O–H groups in total. The Balaban J connectivity index is 1.91. The second-order valence-corrected chi connectivity index (χ2v) is 10.1. The Kier molecular flexibility index (Phi) is 5.01. The first-order valence-electron chi connectivity index (χ1n) is 9.09. The fourth-order valence-corrected chi connectivity index (χ4v) is 5.96. The van der Waals surface area contributed by atoms with Crippen LogP contribution in [0.2, 0.25) is 0 Å². The third kappa shape index (κ3) is 2.77. The minimum atomic E-state index is -0.286. The molecule has 3 heteroatoms. The van der Waals surface area contributed by atoms with E-state index in [-0.39, 0.29) is 5.41 Å². The Morgan fingerprint density at radius 3 is 1.54 bits per heavy atom. The number of hydrogen-bond donors (Lipinski definition) is 0. The Morgan fingerprint density at radius 2 is 1.04 bits per heavy atom. The molecule has 0 aromatic heterocycles. The molecule has 4 aromatic rings. The minimum absolute atomic E-state index is 0.286. The van der Waals surface area contributed by atoms with Crippen molar-refractivity contribution in [3.63, 3.8) is 0 Å². The summed E-state index contributed by atoms with van der Waals surface area (Å²) in [6, 6.07) is 35.9. The molecule has 0 aliphatic heterocycles. The molecule has 0 saturated carbocycles. The van der Waals surface area contributed by atoms with Gasteiger partial charge in [0.2, 0.25) is 0 Å². The molecule has 0 spiro atoms. The molecule has 28 heavy (non-hydrogen) atoms. The molecule has 136 valence electrons. The summed E-state index contributed by atoms with van der Waals surface area (Å²) in [7, 11) is 1.76. The number of fused-ring (bicyclic) bond motifs is 3. The predicted molar refractivity (Wildman–Crippen MR) is 136 cm³/mol. The zero-order valence-electron chi connectivity index (χ0n) is 14.9. The van der Waals surface area contributed by atoms with Gasteiger partial charge in [0.1, 0.15) is 0 Å². The summed E-state index contributed by atoms with van der Waals surface area (Å²) < 4.78 is 1.26. The molecule has 4 aromatic carbocycles. The van der Waals surface area contributed by atoms with Gasteiger partial charge in [0.05, 0.1) is 5.41 Å². The summed E-state index contributed by atoms with van der Waals surface area (Å²) in [6.07, 6.45) is 0. The van der Waals surface area contributed by atoms with Crippen molar-refractivity contribution in [1.29, 1.82) is 0 Å². The van der Waals surface area contributed by atoms with Crippen LogP contribution < -0.4 is 0 Å². The van der Waals surface area contributed by atoms with Crippen LogP contribution in [0, 0.1) is 3.57 Å². The van der Waals surface area contributed by atoms with Crippen LogP contribution in [-0.4, -0.2) is 0 Å². The van der Waals surface area contributed by atoms with Gasteiger partial charge in [-0.2, -0.15) is 0 Å². The number of benzene rings is 4. The molecule has 0 fully saturated rings.